The van der Waals surface area contributed by atoms with E-state index in [0.717, 1.165) is 0 Å². The van der Waals surface area contributed by atoms with Crippen molar-refractivity contribution in [3.63, 3.8) is 0 Å². The number of carbonyl (C=O) groups is 2. The zero-order valence-corrected chi connectivity index (χ0v) is 11.3. The highest BCUT2D eigenvalue weighted by molar-refractivity contribution is 5.91. The molecule has 1 aromatic heterocycles. The van der Waals surface area contributed by atoms with E-state index in [1.807, 2.05) is 0 Å². The number of aryl methyl sites for hydroxylation is 1. The van der Waals surface area contributed by atoms with E-state index in [1.165, 1.54) is 12.0 Å². The number of carboxylic acid groups (broad SMARTS) is 1. The van der Waals surface area contributed by atoms with Gasteiger partial charge in [0.15, 0.2) is 0 Å². The lowest BCUT2D eigenvalue weighted by Crippen LogP contribution is -2.43. The Balaban J connectivity index is 2.11. The van der Waals surface area contributed by atoms with Crippen LogP contribution >= 0.6 is 0 Å². The molecule has 1 saturated heterocycles. The number of carboxylic acids is 1. The molecule has 108 valence electrons. The number of aliphatic carboxylic acids is 1. The highest BCUT2D eigenvalue weighted by Crippen LogP contribution is 2.19. The first-order chi connectivity index (χ1) is 9.51. The molecule has 8 nitrogen and oxygen atoms in total. The van der Waals surface area contributed by atoms with Gasteiger partial charge >= 0.3 is 12.0 Å². The number of likely N-dealkylation sites (tertiary alicyclic amines) is 1. The van der Waals surface area contributed by atoms with Crippen molar-refractivity contribution in [2.45, 2.75) is 25.8 Å². The Morgan fingerprint density at radius 3 is 2.90 bits per heavy atom. The SMILES string of the molecule is COc1cc(C)nc(NC(=O)N2CCC[C@@H]2C(=O)O)n1. The van der Waals surface area contributed by atoms with Crippen LogP contribution in [0.5, 0.6) is 5.88 Å². The lowest BCUT2D eigenvalue weighted by Gasteiger charge is -2.21. The Morgan fingerprint density at radius 1 is 1.50 bits per heavy atom. The van der Waals surface area contributed by atoms with Crippen LogP contribution in [0.2, 0.25) is 0 Å². The molecular weight excluding hydrogens is 264 g/mol. The van der Waals surface area contributed by atoms with E-state index in [-0.39, 0.29) is 5.95 Å². The van der Waals surface area contributed by atoms with Gasteiger partial charge in [-0.2, -0.15) is 4.98 Å². The summed E-state index contributed by atoms with van der Waals surface area (Å²) in [4.78, 5) is 32.5. The number of amides is 2. The quantitative estimate of drug-likeness (QED) is 0.851. The summed E-state index contributed by atoms with van der Waals surface area (Å²) in [5.74, 6) is -0.563. The van der Waals surface area contributed by atoms with Crippen molar-refractivity contribution in [3.05, 3.63) is 11.8 Å². The average Bonchev–Trinajstić information content (AvgIpc) is 2.87. The van der Waals surface area contributed by atoms with Gasteiger partial charge in [-0.3, -0.25) is 5.32 Å². The Hall–Kier alpha value is -2.38. The molecule has 8 heteroatoms. The van der Waals surface area contributed by atoms with Crippen LogP contribution in [0, 0.1) is 6.92 Å². The van der Waals surface area contributed by atoms with E-state index in [0.29, 0.717) is 31.0 Å². The predicted molar refractivity (Wildman–Crippen MR) is 69.7 cm³/mol. The van der Waals surface area contributed by atoms with Gasteiger partial charge in [0, 0.05) is 18.3 Å². The summed E-state index contributed by atoms with van der Waals surface area (Å²) < 4.78 is 4.99. The monoisotopic (exact) mass is 280 g/mol. The summed E-state index contributed by atoms with van der Waals surface area (Å²) in [5, 5.41) is 11.6. The average molecular weight is 280 g/mol. The molecule has 2 heterocycles. The molecule has 0 aliphatic carbocycles. The maximum Gasteiger partial charge on any atom is 0.326 e. The fourth-order valence-electron chi connectivity index (χ4n) is 2.13. The number of aromatic nitrogens is 2. The largest absolute Gasteiger partial charge is 0.481 e. The van der Waals surface area contributed by atoms with Gasteiger partial charge in [0.1, 0.15) is 6.04 Å². The van der Waals surface area contributed by atoms with Crippen LogP contribution in [-0.4, -0.2) is 51.7 Å². The van der Waals surface area contributed by atoms with E-state index in [1.54, 1.807) is 13.0 Å². The summed E-state index contributed by atoms with van der Waals surface area (Å²) in [5.41, 5.74) is 0.642. The minimum atomic E-state index is -1.000. The molecule has 1 fully saturated rings. The van der Waals surface area contributed by atoms with Crippen LogP contribution in [0.1, 0.15) is 18.5 Å². The number of rotatable bonds is 3. The zero-order chi connectivity index (χ0) is 14.7. The summed E-state index contributed by atoms with van der Waals surface area (Å²) in [7, 11) is 1.47. The van der Waals surface area contributed by atoms with Crippen molar-refractivity contribution in [1.29, 1.82) is 0 Å². The zero-order valence-electron chi connectivity index (χ0n) is 11.3. The molecule has 0 aromatic carbocycles. The highest BCUT2D eigenvalue weighted by Gasteiger charge is 2.34. The molecule has 2 amide bonds. The highest BCUT2D eigenvalue weighted by atomic mass is 16.5. The number of carbonyl (C=O) groups excluding carboxylic acids is 1. The molecule has 2 N–H and O–H groups in total. The summed E-state index contributed by atoms with van der Waals surface area (Å²) >= 11 is 0. The molecule has 0 saturated carbocycles. The first-order valence-electron chi connectivity index (χ1n) is 6.21. The van der Waals surface area contributed by atoms with Crippen LogP contribution in [0.25, 0.3) is 0 Å². The molecule has 1 aliphatic heterocycles. The summed E-state index contributed by atoms with van der Waals surface area (Å²) in [6.07, 6.45) is 1.13. The van der Waals surface area contributed by atoms with E-state index >= 15 is 0 Å². The number of hydrogen-bond donors (Lipinski definition) is 2. The van der Waals surface area contributed by atoms with Crippen LogP contribution in [0.3, 0.4) is 0 Å². The molecule has 1 atom stereocenters. The normalized spacial score (nSPS) is 17.9. The van der Waals surface area contributed by atoms with Crippen LogP contribution in [-0.2, 0) is 4.79 Å². The fourth-order valence-corrected chi connectivity index (χ4v) is 2.13. The lowest BCUT2D eigenvalue weighted by atomic mass is 10.2. The predicted octanol–water partition coefficient (Wildman–Crippen LogP) is 0.875. The molecule has 2 rings (SSSR count). The number of nitrogens with one attached hydrogen (secondary N) is 1. The molecule has 20 heavy (non-hydrogen) atoms. The number of anilines is 1. The smallest absolute Gasteiger partial charge is 0.326 e. The Kier molecular flexibility index (Phi) is 4.02. The summed E-state index contributed by atoms with van der Waals surface area (Å²) in [6, 6.07) is 0.329. The third kappa shape index (κ3) is 2.95. The molecular formula is C12H16N4O4. The maximum absolute atomic E-state index is 12.1. The first-order valence-corrected chi connectivity index (χ1v) is 6.21. The van der Waals surface area contributed by atoms with E-state index in [2.05, 4.69) is 15.3 Å². The maximum atomic E-state index is 12.1. The Morgan fingerprint density at radius 2 is 2.25 bits per heavy atom. The van der Waals surface area contributed by atoms with Crippen molar-refractivity contribution >= 4 is 17.9 Å². The number of ether oxygens (including phenoxy) is 1. The van der Waals surface area contributed by atoms with Gasteiger partial charge in [0.25, 0.3) is 0 Å². The number of urea groups is 1. The van der Waals surface area contributed by atoms with Crippen molar-refractivity contribution < 1.29 is 19.4 Å². The molecule has 0 spiro atoms. The Labute approximate surface area is 115 Å². The standard InChI is InChI=1S/C12H16N4O4/c1-7-6-9(20-2)14-11(13-7)15-12(19)16-5-3-4-8(16)10(17)18/h6,8H,3-5H2,1-2H3,(H,17,18)(H,13,14,15,19)/t8-/m1/s1. The molecule has 0 bridgehead atoms. The second kappa shape index (κ2) is 5.72. The first kappa shape index (κ1) is 14.0. The third-order valence-corrected chi connectivity index (χ3v) is 3.06. The molecule has 0 unspecified atom stereocenters. The fraction of sp³-hybridized carbons (Fsp3) is 0.500. The van der Waals surface area contributed by atoms with Gasteiger partial charge in [-0.1, -0.05) is 0 Å². The third-order valence-electron chi connectivity index (χ3n) is 3.06. The number of methoxy groups -OCH3 is 1. The van der Waals surface area contributed by atoms with Crippen molar-refractivity contribution in [2.75, 3.05) is 19.0 Å². The molecule has 1 aromatic rings. The van der Waals surface area contributed by atoms with Gasteiger partial charge in [-0.05, 0) is 19.8 Å². The van der Waals surface area contributed by atoms with Crippen molar-refractivity contribution in [3.8, 4) is 5.88 Å². The van der Waals surface area contributed by atoms with Crippen molar-refractivity contribution in [2.24, 2.45) is 0 Å². The van der Waals surface area contributed by atoms with E-state index in [9.17, 15) is 9.59 Å². The molecule has 0 radical (unpaired) electrons. The number of nitrogens with zero attached hydrogens (tertiary/aromatic N) is 3. The second-order valence-corrected chi connectivity index (χ2v) is 4.50. The van der Waals surface area contributed by atoms with Gasteiger partial charge < -0.3 is 14.7 Å². The summed E-state index contributed by atoms with van der Waals surface area (Å²) in [6.45, 7) is 2.15. The van der Waals surface area contributed by atoms with Gasteiger partial charge in [-0.15, -0.1) is 0 Å². The second-order valence-electron chi connectivity index (χ2n) is 4.50. The van der Waals surface area contributed by atoms with Gasteiger partial charge in [0.05, 0.1) is 7.11 Å². The van der Waals surface area contributed by atoms with Crippen LogP contribution in [0.4, 0.5) is 10.7 Å². The van der Waals surface area contributed by atoms with E-state index in [4.69, 9.17) is 9.84 Å². The van der Waals surface area contributed by atoms with E-state index < -0.39 is 18.0 Å². The minimum absolute atomic E-state index is 0.0999. The topological polar surface area (TPSA) is 105 Å². The van der Waals surface area contributed by atoms with Crippen LogP contribution < -0.4 is 10.1 Å². The Bertz CT molecular complexity index is 534. The van der Waals surface area contributed by atoms with Crippen molar-refractivity contribution in [1.82, 2.24) is 14.9 Å². The molecule has 1 aliphatic rings. The van der Waals surface area contributed by atoms with Crippen LogP contribution in [0.15, 0.2) is 6.07 Å². The van der Waals surface area contributed by atoms with Gasteiger partial charge in [-0.25, -0.2) is 14.6 Å². The van der Waals surface area contributed by atoms with Gasteiger partial charge in [0.2, 0.25) is 11.8 Å². The minimum Gasteiger partial charge on any atom is -0.481 e. The lowest BCUT2D eigenvalue weighted by molar-refractivity contribution is -0.141. The number of hydrogen-bond acceptors (Lipinski definition) is 5.